The Morgan fingerprint density at radius 2 is 1.88 bits per heavy atom. The van der Waals surface area contributed by atoms with E-state index in [0.29, 0.717) is 30.6 Å². The summed E-state index contributed by atoms with van der Waals surface area (Å²) in [4.78, 5) is 17.6. The van der Waals surface area contributed by atoms with Gasteiger partial charge in [0.25, 0.3) is 0 Å². The first-order valence-corrected chi connectivity index (χ1v) is 10.3. The largest absolute Gasteiger partial charge is 0.363 e. The van der Waals surface area contributed by atoms with Crippen LogP contribution in [0.15, 0.2) is 41.3 Å². The number of benzene rings is 1. The highest BCUT2D eigenvalue weighted by Gasteiger charge is 2.32. The molecule has 0 radical (unpaired) electrons. The molecule has 1 aromatic carbocycles. The van der Waals surface area contributed by atoms with Gasteiger partial charge in [-0.2, -0.15) is 0 Å². The summed E-state index contributed by atoms with van der Waals surface area (Å²) in [7, 11) is -2.96. The molecule has 1 atom stereocenters. The van der Waals surface area contributed by atoms with Gasteiger partial charge in [-0.3, -0.25) is 9.69 Å². The lowest BCUT2D eigenvalue weighted by atomic mass is 10.1. The van der Waals surface area contributed by atoms with Gasteiger partial charge in [-0.15, -0.1) is 0 Å². The Kier molecular flexibility index (Phi) is 5.11. The topological polar surface area (TPSA) is 70.2 Å². The van der Waals surface area contributed by atoms with E-state index in [2.05, 4.69) is 9.88 Å². The molecule has 2 aromatic rings. The third-order valence-corrected chi connectivity index (χ3v) is 6.68. The lowest BCUT2D eigenvalue weighted by Gasteiger charge is -2.28. The molecule has 1 aliphatic rings. The number of hydrogen-bond acceptors (Lipinski definition) is 4. The molecule has 1 aliphatic heterocycles. The number of nitrogens with zero attached hydrogens (tertiary/aromatic N) is 1. The number of nitrogens with one attached hydrogen (secondary N) is 1. The van der Waals surface area contributed by atoms with Crippen LogP contribution in [0.25, 0.3) is 0 Å². The van der Waals surface area contributed by atoms with E-state index in [-0.39, 0.29) is 23.0 Å². The Hall–Kier alpha value is -1.92. The van der Waals surface area contributed by atoms with E-state index in [0.717, 1.165) is 11.3 Å². The fraction of sp³-hybridized carbons (Fsp3) is 0.421. The zero-order valence-corrected chi connectivity index (χ0v) is 15.5. The average Bonchev–Trinajstić information content (AvgIpc) is 2.95. The number of aryl methyl sites for hydroxylation is 1. The van der Waals surface area contributed by atoms with Crippen molar-refractivity contribution < 1.29 is 8.42 Å². The zero-order chi connectivity index (χ0) is 18.0. The Labute approximate surface area is 148 Å². The van der Waals surface area contributed by atoms with E-state index in [9.17, 15) is 13.2 Å². The summed E-state index contributed by atoms with van der Waals surface area (Å²) < 4.78 is 23.9. The van der Waals surface area contributed by atoms with Crippen molar-refractivity contribution in [2.24, 2.45) is 0 Å². The summed E-state index contributed by atoms with van der Waals surface area (Å²) in [6.07, 6.45) is 2.38. The quantitative estimate of drug-likeness (QED) is 0.887. The van der Waals surface area contributed by atoms with Crippen LogP contribution < -0.4 is 5.43 Å². The summed E-state index contributed by atoms with van der Waals surface area (Å²) in [5, 5.41) is 0. The molecule has 1 N–H and O–H groups in total. The lowest BCUT2D eigenvalue weighted by molar-refractivity contribution is 0.191. The Balaban J connectivity index is 1.89. The molecule has 1 fully saturated rings. The maximum absolute atomic E-state index is 12.2. The fourth-order valence-electron chi connectivity index (χ4n) is 3.36. The molecule has 134 valence electrons. The van der Waals surface area contributed by atoms with Crippen LogP contribution in [0.2, 0.25) is 0 Å². The van der Waals surface area contributed by atoms with E-state index < -0.39 is 9.84 Å². The number of H-pyrrole nitrogens is 1. The smallest absolute Gasteiger partial charge is 0.187 e. The molecule has 2 heterocycles. The molecule has 1 aromatic heterocycles. The van der Waals surface area contributed by atoms with Gasteiger partial charge in [0.05, 0.1) is 11.5 Å². The van der Waals surface area contributed by atoms with Crippen LogP contribution in [0.4, 0.5) is 0 Å². The van der Waals surface area contributed by atoms with Crippen molar-refractivity contribution in [3.05, 3.63) is 69.1 Å². The molecular formula is C19H24N2O3S. The summed E-state index contributed by atoms with van der Waals surface area (Å²) in [5.74, 6) is 0.432. The van der Waals surface area contributed by atoms with E-state index in [1.807, 2.05) is 37.3 Å². The van der Waals surface area contributed by atoms with E-state index in [1.54, 1.807) is 13.1 Å². The van der Waals surface area contributed by atoms with Gasteiger partial charge >= 0.3 is 0 Å². The Bertz CT molecular complexity index is 904. The number of pyridine rings is 1. The first-order chi connectivity index (χ1) is 11.9. The summed E-state index contributed by atoms with van der Waals surface area (Å²) in [5.41, 5.74) is 3.44. The standard InChI is InChI=1S/C19H24N2O3S/c1-14-10-20-18(15(2)19(14)22)12-21(11-16-6-4-3-5-7-16)17-8-9-25(23,24)13-17/h3-7,10,17H,8-9,11-13H2,1-2H3,(H,20,22)/t17-/m0/s1. The van der Waals surface area contributed by atoms with Crippen molar-refractivity contribution in [3.63, 3.8) is 0 Å². The minimum absolute atomic E-state index is 0.0191. The number of hydrogen-bond donors (Lipinski definition) is 1. The molecule has 6 heteroatoms. The predicted molar refractivity (Wildman–Crippen MR) is 99.3 cm³/mol. The van der Waals surface area contributed by atoms with Gasteiger partial charge in [0, 0.05) is 42.1 Å². The maximum atomic E-state index is 12.2. The maximum Gasteiger partial charge on any atom is 0.187 e. The van der Waals surface area contributed by atoms with Crippen molar-refractivity contribution in [1.29, 1.82) is 0 Å². The van der Waals surface area contributed by atoms with Gasteiger partial charge in [-0.05, 0) is 25.8 Å². The second kappa shape index (κ2) is 7.14. The third kappa shape index (κ3) is 4.19. The third-order valence-electron chi connectivity index (χ3n) is 4.93. The molecule has 0 saturated carbocycles. The van der Waals surface area contributed by atoms with E-state index in [1.165, 1.54) is 0 Å². The minimum atomic E-state index is -2.96. The van der Waals surface area contributed by atoms with Crippen LogP contribution in [-0.2, 0) is 22.9 Å². The predicted octanol–water partition coefficient (Wildman–Crippen LogP) is 2.18. The number of aromatic nitrogens is 1. The first kappa shape index (κ1) is 17.9. The molecule has 5 nitrogen and oxygen atoms in total. The van der Waals surface area contributed by atoms with Gasteiger partial charge in [0.15, 0.2) is 15.3 Å². The van der Waals surface area contributed by atoms with Gasteiger partial charge in [0.2, 0.25) is 0 Å². The van der Waals surface area contributed by atoms with Crippen molar-refractivity contribution in [2.75, 3.05) is 11.5 Å². The van der Waals surface area contributed by atoms with Crippen molar-refractivity contribution in [1.82, 2.24) is 9.88 Å². The van der Waals surface area contributed by atoms with Crippen LogP contribution in [0.5, 0.6) is 0 Å². The molecule has 0 aliphatic carbocycles. The van der Waals surface area contributed by atoms with E-state index >= 15 is 0 Å². The Morgan fingerprint density at radius 3 is 2.52 bits per heavy atom. The highest BCUT2D eigenvalue weighted by molar-refractivity contribution is 7.91. The normalized spacial score (nSPS) is 19.4. The summed E-state index contributed by atoms with van der Waals surface area (Å²) in [6, 6.07) is 10.0. The number of sulfone groups is 1. The zero-order valence-electron chi connectivity index (χ0n) is 14.7. The fourth-order valence-corrected chi connectivity index (χ4v) is 5.13. The molecule has 3 rings (SSSR count). The summed E-state index contributed by atoms with van der Waals surface area (Å²) >= 11 is 0. The van der Waals surface area contributed by atoms with Gasteiger partial charge in [-0.25, -0.2) is 8.42 Å². The van der Waals surface area contributed by atoms with Gasteiger partial charge in [0.1, 0.15) is 0 Å². The van der Waals surface area contributed by atoms with Crippen molar-refractivity contribution in [3.8, 4) is 0 Å². The molecule has 0 bridgehead atoms. The molecule has 0 unspecified atom stereocenters. The number of rotatable bonds is 5. The highest BCUT2D eigenvalue weighted by atomic mass is 32.2. The lowest BCUT2D eigenvalue weighted by Crippen LogP contribution is -2.36. The van der Waals surface area contributed by atoms with Crippen LogP contribution in [-0.4, -0.2) is 35.8 Å². The second-order valence-corrected chi connectivity index (χ2v) is 9.08. The second-order valence-electron chi connectivity index (χ2n) is 6.85. The minimum Gasteiger partial charge on any atom is -0.363 e. The van der Waals surface area contributed by atoms with Crippen LogP contribution in [0.1, 0.15) is 28.8 Å². The van der Waals surface area contributed by atoms with Crippen molar-refractivity contribution in [2.45, 2.75) is 39.4 Å². The monoisotopic (exact) mass is 360 g/mol. The SMILES string of the molecule is Cc1c[nH]c(CN(Cc2ccccc2)[C@H]2CCS(=O)(=O)C2)c(C)c1=O. The molecular weight excluding hydrogens is 336 g/mol. The summed E-state index contributed by atoms with van der Waals surface area (Å²) in [6.45, 7) is 4.82. The molecule has 0 spiro atoms. The van der Waals surface area contributed by atoms with Gasteiger partial charge < -0.3 is 4.98 Å². The van der Waals surface area contributed by atoms with E-state index in [4.69, 9.17) is 0 Å². The number of aromatic amines is 1. The molecule has 1 saturated heterocycles. The van der Waals surface area contributed by atoms with Gasteiger partial charge in [-0.1, -0.05) is 30.3 Å². The average molecular weight is 360 g/mol. The molecule has 0 amide bonds. The molecule has 25 heavy (non-hydrogen) atoms. The van der Waals surface area contributed by atoms with Crippen LogP contribution in [0.3, 0.4) is 0 Å². The highest BCUT2D eigenvalue weighted by Crippen LogP contribution is 2.22. The van der Waals surface area contributed by atoms with Crippen molar-refractivity contribution >= 4 is 9.84 Å². The first-order valence-electron chi connectivity index (χ1n) is 8.52. The Morgan fingerprint density at radius 1 is 1.16 bits per heavy atom. The van der Waals surface area contributed by atoms with Crippen LogP contribution in [0, 0.1) is 13.8 Å². The van der Waals surface area contributed by atoms with Crippen LogP contribution >= 0.6 is 0 Å².